The maximum Gasteiger partial charge on any atom is 2.00 e. The number of para-hydroxylation sites is 2. The second kappa shape index (κ2) is 12.5. The van der Waals surface area contributed by atoms with E-state index in [9.17, 15) is 0 Å². The summed E-state index contributed by atoms with van der Waals surface area (Å²) in [5, 5.41) is 13.8. The molecule has 0 N–H and O–H groups in total. The van der Waals surface area contributed by atoms with Gasteiger partial charge >= 0.3 is 21.1 Å². The fourth-order valence-corrected chi connectivity index (χ4v) is 7.75. The molecule has 4 heterocycles. The fraction of sp³-hybridized carbons (Fsp3) is 0.159. The molecule has 5 aromatic carbocycles. The van der Waals surface area contributed by atoms with E-state index in [-0.39, 0.29) is 21.1 Å². The summed E-state index contributed by atoms with van der Waals surface area (Å²) < 4.78 is 6.66. The Kier molecular flexibility index (Phi) is 8.03. The van der Waals surface area contributed by atoms with Crippen molar-refractivity contribution in [1.82, 2.24) is 28.9 Å². The summed E-state index contributed by atoms with van der Waals surface area (Å²) in [6, 6.07) is 43.8. The van der Waals surface area contributed by atoms with Crippen molar-refractivity contribution in [1.29, 1.82) is 0 Å². The number of benzene rings is 5. The van der Waals surface area contributed by atoms with Crippen molar-refractivity contribution < 1.29 is 21.1 Å². The molecule has 0 fully saturated rings. The molecule has 6 nitrogen and oxygen atoms in total. The van der Waals surface area contributed by atoms with Crippen molar-refractivity contribution >= 4 is 43.9 Å². The van der Waals surface area contributed by atoms with Gasteiger partial charge in [0, 0.05) is 27.2 Å². The topological polar surface area (TPSA) is 53.5 Å². The molecular formula is C44H36N6Pt. The smallest absolute Gasteiger partial charge is 0.320 e. The molecule has 0 amide bonds. The van der Waals surface area contributed by atoms with Crippen molar-refractivity contribution in [2.75, 3.05) is 0 Å². The maximum absolute atomic E-state index is 5.54. The largest absolute Gasteiger partial charge is 2.00 e. The Labute approximate surface area is 311 Å². The number of aryl methyl sites for hydroxylation is 4. The number of nitrogens with zero attached hydrogens (tertiary/aromatic N) is 6. The van der Waals surface area contributed by atoms with Crippen molar-refractivity contribution in [3.63, 3.8) is 0 Å². The molecule has 0 aliphatic carbocycles. The first kappa shape index (κ1) is 32.9. The summed E-state index contributed by atoms with van der Waals surface area (Å²) in [6.45, 7) is 12.9. The van der Waals surface area contributed by atoms with E-state index in [4.69, 9.17) is 10.1 Å². The zero-order valence-corrected chi connectivity index (χ0v) is 31.7. The maximum atomic E-state index is 5.54. The average Bonchev–Trinajstić information content (AvgIpc) is 3.76. The van der Waals surface area contributed by atoms with Gasteiger partial charge in [0.1, 0.15) is 17.1 Å². The van der Waals surface area contributed by atoms with Gasteiger partial charge in [0.2, 0.25) is 0 Å². The summed E-state index contributed by atoms with van der Waals surface area (Å²) >= 11 is 0. The molecular weight excluding hydrogens is 808 g/mol. The molecule has 0 atom stereocenters. The van der Waals surface area contributed by atoms with E-state index in [1.807, 2.05) is 13.0 Å². The molecule has 9 rings (SSSR count). The molecule has 0 aliphatic heterocycles. The Morgan fingerprint density at radius 2 is 1.24 bits per heavy atom. The van der Waals surface area contributed by atoms with Gasteiger partial charge in [-0.15, -0.1) is 41.0 Å². The van der Waals surface area contributed by atoms with E-state index in [0.717, 1.165) is 72.8 Å². The molecule has 0 unspecified atom stereocenters. The van der Waals surface area contributed by atoms with E-state index in [1.165, 1.54) is 27.6 Å². The van der Waals surface area contributed by atoms with Crippen LogP contribution in [0.4, 0.5) is 0 Å². The molecule has 0 radical (unpaired) electrons. The van der Waals surface area contributed by atoms with Crippen LogP contribution in [0.15, 0.2) is 103 Å². The van der Waals surface area contributed by atoms with Gasteiger partial charge in [-0.05, 0) is 68.6 Å². The van der Waals surface area contributed by atoms with E-state index < -0.39 is 0 Å². The average molecular weight is 844 g/mol. The SMILES string of the molecule is Cc1cc(C)c(-n2c(C)nnc2-c2[c-]c(-n3c4ccccc4c4cc5c6ccccc6n(-c6[c-]ccc(C(C)C)c6)c5nc43)ccc2)c(C)c1.[Pt+2]. The standard InChI is InChI=1S/C44H36N6.Pt/c1-26(2)31-13-11-15-33(23-31)49-39-19-9-7-17-35(39)37-25-38-36-18-8-10-20-40(36)50(44(38)45-43(37)49)34-16-12-14-32(24-34)42-47-46-30(6)48(42)41-28(4)21-27(3)22-29(41)5;/h7-14,16-23,25-26H,1-6H3;/q-2;+2. The molecule has 7 heteroatoms. The number of hydrogen-bond donors (Lipinski definition) is 0. The molecule has 51 heavy (non-hydrogen) atoms. The van der Waals surface area contributed by atoms with E-state index >= 15 is 0 Å². The van der Waals surface area contributed by atoms with Crippen LogP contribution in [0.2, 0.25) is 0 Å². The monoisotopic (exact) mass is 843 g/mol. The Balaban J connectivity index is 0.00000374. The number of aromatic nitrogens is 6. The Hall–Kier alpha value is -5.32. The Morgan fingerprint density at radius 1 is 0.608 bits per heavy atom. The van der Waals surface area contributed by atoms with Crippen LogP contribution in [0.1, 0.15) is 47.8 Å². The summed E-state index contributed by atoms with van der Waals surface area (Å²) in [5.41, 5.74) is 12.7. The van der Waals surface area contributed by atoms with Crippen LogP contribution >= 0.6 is 0 Å². The van der Waals surface area contributed by atoms with E-state index in [0.29, 0.717) is 5.92 Å². The van der Waals surface area contributed by atoms with Gasteiger partial charge < -0.3 is 13.7 Å². The third-order valence-electron chi connectivity index (χ3n) is 9.94. The number of rotatable bonds is 5. The van der Waals surface area contributed by atoms with Gasteiger partial charge in [0.25, 0.3) is 0 Å². The van der Waals surface area contributed by atoms with Gasteiger partial charge in [-0.25, -0.2) is 4.98 Å². The van der Waals surface area contributed by atoms with Gasteiger partial charge in [-0.1, -0.05) is 73.6 Å². The number of pyridine rings is 1. The third kappa shape index (κ3) is 5.15. The first-order valence-electron chi connectivity index (χ1n) is 17.2. The van der Waals surface area contributed by atoms with Crippen molar-refractivity contribution in [2.24, 2.45) is 0 Å². The predicted molar refractivity (Wildman–Crippen MR) is 204 cm³/mol. The second-order valence-electron chi connectivity index (χ2n) is 13.7. The minimum atomic E-state index is 0. The van der Waals surface area contributed by atoms with Gasteiger partial charge in [0.05, 0.1) is 16.9 Å². The van der Waals surface area contributed by atoms with E-state index in [2.05, 4.69) is 163 Å². The van der Waals surface area contributed by atoms with Crippen molar-refractivity contribution in [3.05, 3.63) is 143 Å². The van der Waals surface area contributed by atoms with Crippen LogP contribution in [0.25, 0.3) is 72.3 Å². The van der Waals surface area contributed by atoms with Gasteiger partial charge in [-0.3, -0.25) is 0 Å². The molecule has 252 valence electrons. The normalized spacial score (nSPS) is 11.7. The molecule has 0 bridgehead atoms. The van der Waals surface area contributed by atoms with Crippen LogP contribution in [-0.2, 0) is 21.1 Å². The number of fused-ring (bicyclic) bond motifs is 6. The third-order valence-corrected chi connectivity index (χ3v) is 9.94. The predicted octanol–water partition coefficient (Wildman–Crippen LogP) is 10.5. The summed E-state index contributed by atoms with van der Waals surface area (Å²) in [4.78, 5) is 5.54. The molecule has 9 aromatic rings. The zero-order chi connectivity index (χ0) is 34.3. The van der Waals surface area contributed by atoms with Crippen LogP contribution in [0.5, 0.6) is 0 Å². The molecule has 0 saturated heterocycles. The van der Waals surface area contributed by atoms with Gasteiger partial charge in [0.15, 0.2) is 0 Å². The van der Waals surface area contributed by atoms with Crippen LogP contribution < -0.4 is 0 Å². The summed E-state index contributed by atoms with van der Waals surface area (Å²) in [7, 11) is 0. The second-order valence-corrected chi connectivity index (χ2v) is 13.7. The first-order valence-corrected chi connectivity index (χ1v) is 17.2. The van der Waals surface area contributed by atoms with Crippen molar-refractivity contribution in [3.8, 4) is 28.5 Å². The first-order chi connectivity index (χ1) is 24.3. The number of hydrogen-bond acceptors (Lipinski definition) is 3. The Morgan fingerprint density at radius 3 is 1.88 bits per heavy atom. The van der Waals surface area contributed by atoms with Gasteiger partial charge in [-0.2, -0.15) is 28.9 Å². The fourth-order valence-electron chi connectivity index (χ4n) is 7.75. The zero-order valence-electron chi connectivity index (χ0n) is 29.4. The van der Waals surface area contributed by atoms with Crippen LogP contribution in [-0.4, -0.2) is 28.9 Å². The minimum Gasteiger partial charge on any atom is -0.320 e. The molecule has 4 aromatic heterocycles. The minimum absolute atomic E-state index is 0. The Bertz CT molecular complexity index is 2770. The summed E-state index contributed by atoms with van der Waals surface area (Å²) in [5.74, 6) is 1.99. The quantitative estimate of drug-likeness (QED) is 0.162. The van der Waals surface area contributed by atoms with Crippen molar-refractivity contribution in [2.45, 2.75) is 47.5 Å². The summed E-state index contributed by atoms with van der Waals surface area (Å²) in [6.07, 6.45) is 0. The van der Waals surface area contributed by atoms with Crippen LogP contribution in [0, 0.1) is 39.8 Å². The molecule has 0 spiro atoms. The van der Waals surface area contributed by atoms with E-state index in [1.54, 1.807) is 0 Å². The van der Waals surface area contributed by atoms with Crippen LogP contribution in [0.3, 0.4) is 0 Å². The molecule has 0 saturated carbocycles. The molecule has 0 aliphatic rings.